The van der Waals surface area contributed by atoms with Gasteiger partial charge in [-0.25, -0.2) is 79.0 Å². The second kappa shape index (κ2) is 30.6. The van der Waals surface area contributed by atoms with Gasteiger partial charge in [0.25, 0.3) is 0 Å². The SMILES string of the molecule is C[C@@]1(c2cc(N)cc(F)c2F)CC[C@@](F)(CF)C(=S)N1.C[C@@]1(c2cc(N)cc(F)c2F)CC[C@](F)(CF)C(=S)N1.C[C@@]1(c2cc(N)ccc2F)CC[C@@](F)(CF)C(=S)N1.C[C@@]1(c2cc(N)ccc2F)CC[C@](F)(CF)C(=S)N1.Nc1ccc(F)c([C@]2(CF)CCC(F)(CF)C(=S)N2)c1. The van der Waals surface area contributed by atoms with Crippen molar-refractivity contribution in [2.24, 2.45) is 0 Å². The fraction of sp³-hybridized carbons (Fsp3) is 0.462. The Balaban J connectivity index is 0.000000193. The quantitative estimate of drug-likeness (QED) is 0.0341. The molecule has 0 aliphatic carbocycles. The lowest BCUT2D eigenvalue weighted by molar-refractivity contribution is 0.120. The molecule has 5 aromatic carbocycles. The van der Waals surface area contributed by atoms with E-state index in [1.807, 2.05) is 0 Å². The fourth-order valence-corrected chi connectivity index (χ4v) is 13.4. The molecule has 10 nitrogen and oxygen atoms in total. The van der Waals surface area contributed by atoms with Crippen molar-refractivity contribution >= 4 is 114 Å². The maximum atomic E-state index is 14.1. The van der Waals surface area contributed by atoms with Gasteiger partial charge in [0.2, 0.25) is 0 Å². The number of piperidine rings is 5. The molecule has 5 saturated heterocycles. The molecule has 0 bridgehead atoms. The summed E-state index contributed by atoms with van der Waals surface area (Å²) in [5, 5.41) is 13.1. The molecule has 10 atom stereocenters. The zero-order chi connectivity index (χ0) is 73.7. The van der Waals surface area contributed by atoms with E-state index in [2.05, 4.69) is 26.6 Å². The molecule has 5 aromatic rings. The standard InChI is InChI=1S/3C13H14F4N2S.2C13H15F3N2S/c2*1-12(2-3-13(17,6-14)11(20)19-12)8-4-7(18)5-9(15)10(8)16;14-6-12(17)3-4-13(7-15,19-11(12)20)9-5-8(18)1-2-10(9)16;2*1-12(9-6-8(17)2-3-10(9)15)4-5-13(16,7-14)11(19)18-12/h2*4-5H,2-3,6,18H2,1H3,(H,19,20);1-2,5H,3-4,6-7,18H2,(H,19,20);2*2-3,6H,4-5,7,17H2,1H3,(H,18,19)/t12-,13+;12-,13-;12?,13-;12-,13+;12-,13-/m00100/s1. The van der Waals surface area contributed by atoms with Crippen LogP contribution in [0.2, 0.25) is 0 Å². The number of hydrogen-bond donors (Lipinski definition) is 10. The van der Waals surface area contributed by atoms with Crippen LogP contribution in [-0.4, -0.2) is 93.3 Å². The van der Waals surface area contributed by atoms with Crippen molar-refractivity contribution < 1.29 is 79.0 Å². The molecule has 10 rings (SSSR count). The fourth-order valence-electron chi connectivity index (χ4n) is 11.5. The number of hydrogen-bond acceptors (Lipinski definition) is 10. The molecule has 1 unspecified atom stereocenters. The van der Waals surface area contributed by atoms with Gasteiger partial charge in [-0.05, 0) is 171 Å². The molecular weight excluding hydrogens is 1420 g/mol. The lowest BCUT2D eigenvalue weighted by atomic mass is 9.79. The lowest BCUT2D eigenvalue weighted by Gasteiger charge is -2.42. The normalized spacial score (nSPS) is 30.5. The first-order valence-corrected chi connectivity index (χ1v) is 32.1. The van der Waals surface area contributed by atoms with Gasteiger partial charge in [-0.3, -0.25) is 0 Å². The summed E-state index contributed by atoms with van der Waals surface area (Å²) in [6.45, 7) is -0.628. The van der Waals surface area contributed by atoms with Gasteiger partial charge < -0.3 is 55.3 Å². The van der Waals surface area contributed by atoms with Crippen LogP contribution >= 0.6 is 61.1 Å². The van der Waals surface area contributed by atoms with E-state index in [1.165, 1.54) is 60.7 Å². The Bertz CT molecular complexity index is 3640. The Hall–Kier alpha value is -6.71. The van der Waals surface area contributed by atoms with Crippen LogP contribution < -0.4 is 55.3 Å². The minimum absolute atomic E-state index is 0.0248. The van der Waals surface area contributed by atoms with Crippen molar-refractivity contribution in [2.45, 2.75) is 148 Å². The molecule has 0 radical (unpaired) electrons. The van der Waals surface area contributed by atoms with Gasteiger partial charge in [0.15, 0.2) is 51.6 Å². The summed E-state index contributed by atoms with van der Waals surface area (Å²) in [5.41, 5.74) is 13.0. The van der Waals surface area contributed by atoms with Crippen LogP contribution in [0.3, 0.4) is 0 Å². The van der Waals surface area contributed by atoms with E-state index in [0.717, 1.165) is 18.2 Å². The van der Waals surface area contributed by atoms with Gasteiger partial charge in [0.05, 0.1) is 27.7 Å². The third kappa shape index (κ3) is 17.0. The molecule has 5 aliphatic rings. The number of nitrogens with two attached hydrogens (primary N) is 5. The Labute approximate surface area is 581 Å². The van der Waals surface area contributed by atoms with Gasteiger partial charge >= 0.3 is 0 Å². The van der Waals surface area contributed by atoms with Crippen molar-refractivity contribution in [3.05, 3.63) is 147 Å². The van der Waals surface area contributed by atoms with Gasteiger partial charge in [-0.1, -0.05) is 61.1 Å². The highest BCUT2D eigenvalue weighted by molar-refractivity contribution is 7.81. The maximum absolute atomic E-state index is 14.1. The Morgan fingerprint density at radius 2 is 0.531 bits per heavy atom. The van der Waals surface area contributed by atoms with Crippen LogP contribution in [0.25, 0.3) is 0 Å². The molecular formula is C65H72F18N10S5. The number of nitrogen functional groups attached to an aromatic ring is 5. The van der Waals surface area contributed by atoms with Crippen LogP contribution in [-0.2, 0) is 27.7 Å². The highest BCUT2D eigenvalue weighted by Gasteiger charge is 2.52. The monoisotopic (exact) mass is 1490 g/mol. The molecule has 33 heteroatoms. The Morgan fingerprint density at radius 1 is 0.296 bits per heavy atom. The minimum Gasteiger partial charge on any atom is -0.399 e. The van der Waals surface area contributed by atoms with Crippen molar-refractivity contribution in [3.63, 3.8) is 0 Å². The molecule has 98 heavy (non-hydrogen) atoms. The molecule has 5 aliphatic heterocycles. The summed E-state index contributed by atoms with van der Waals surface area (Å²) in [5.74, 6) is -5.86. The number of benzene rings is 5. The van der Waals surface area contributed by atoms with Gasteiger partial charge in [-0.2, -0.15) is 0 Å². The predicted octanol–water partition coefficient (Wildman–Crippen LogP) is 15.3. The van der Waals surface area contributed by atoms with E-state index in [9.17, 15) is 79.0 Å². The first-order valence-electron chi connectivity index (χ1n) is 30.0. The minimum atomic E-state index is -2.31. The number of nitrogens with one attached hydrogen (secondary N) is 5. The number of rotatable bonds is 11. The van der Waals surface area contributed by atoms with E-state index in [1.54, 1.807) is 27.7 Å². The van der Waals surface area contributed by atoms with Crippen molar-refractivity contribution in [3.8, 4) is 0 Å². The molecule has 0 spiro atoms. The highest BCUT2D eigenvalue weighted by Crippen LogP contribution is 2.45. The van der Waals surface area contributed by atoms with Crippen molar-refractivity contribution in [2.75, 3.05) is 68.7 Å². The molecule has 0 amide bonds. The van der Waals surface area contributed by atoms with Crippen LogP contribution in [0.15, 0.2) is 78.9 Å². The predicted molar refractivity (Wildman–Crippen MR) is 365 cm³/mol. The highest BCUT2D eigenvalue weighted by atomic mass is 32.1. The van der Waals surface area contributed by atoms with E-state index < -0.39 is 142 Å². The number of halogens is 18. The molecule has 538 valence electrons. The molecule has 5 fully saturated rings. The van der Waals surface area contributed by atoms with E-state index >= 15 is 0 Å². The Kier molecular flexibility index (Phi) is 25.1. The number of alkyl halides is 11. The summed E-state index contributed by atoms with van der Waals surface area (Å²) >= 11 is 24.2. The van der Waals surface area contributed by atoms with Gasteiger partial charge in [-0.15, -0.1) is 0 Å². The number of thiocarbonyl (C=S) groups is 5. The molecule has 5 heterocycles. The summed E-state index contributed by atoms with van der Waals surface area (Å²) in [6, 6.07) is 16.4. The van der Waals surface area contributed by atoms with Crippen molar-refractivity contribution in [1.82, 2.24) is 26.6 Å². The molecule has 15 N–H and O–H groups in total. The average molecular weight is 1500 g/mol. The molecule has 0 saturated carbocycles. The average Bonchev–Trinajstić information content (AvgIpc) is 0.792. The maximum Gasteiger partial charge on any atom is 0.188 e. The molecule has 0 aromatic heterocycles. The summed E-state index contributed by atoms with van der Waals surface area (Å²) in [7, 11) is 0. The number of anilines is 5. The lowest BCUT2D eigenvalue weighted by Crippen LogP contribution is -2.60. The zero-order valence-corrected chi connectivity index (χ0v) is 57.1. The topological polar surface area (TPSA) is 190 Å². The largest absolute Gasteiger partial charge is 0.399 e. The summed E-state index contributed by atoms with van der Waals surface area (Å²) in [4.78, 5) is -1.55. The van der Waals surface area contributed by atoms with E-state index in [-0.39, 0.29) is 118 Å². The summed E-state index contributed by atoms with van der Waals surface area (Å²) in [6.07, 6.45) is -0.427. The van der Waals surface area contributed by atoms with Crippen LogP contribution in [0.4, 0.5) is 107 Å². The smallest absolute Gasteiger partial charge is 0.188 e. The van der Waals surface area contributed by atoms with Gasteiger partial charge in [0.1, 0.15) is 82.4 Å². The van der Waals surface area contributed by atoms with Gasteiger partial charge in [0, 0.05) is 56.3 Å². The van der Waals surface area contributed by atoms with Crippen LogP contribution in [0.1, 0.15) is 120 Å². The third-order valence-corrected chi connectivity index (χ3v) is 20.6. The Morgan fingerprint density at radius 3 is 0.786 bits per heavy atom. The summed E-state index contributed by atoms with van der Waals surface area (Å²) < 4.78 is 244. The first-order chi connectivity index (χ1) is 45.4. The van der Waals surface area contributed by atoms with Crippen molar-refractivity contribution in [1.29, 1.82) is 0 Å². The second-order valence-corrected chi connectivity index (χ2v) is 27.8. The second-order valence-electron chi connectivity index (χ2n) is 25.8. The van der Waals surface area contributed by atoms with Crippen LogP contribution in [0.5, 0.6) is 0 Å². The van der Waals surface area contributed by atoms with E-state index in [0.29, 0.717) is 22.5 Å². The third-order valence-electron chi connectivity index (χ3n) is 18.2. The zero-order valence-electron chi connectivity index (χ0n) is 53.1. The van der Waals surface area contributed by atoms with Crippen LogP contribution in [0, 0.1) is 40.7 Å². The van der Waals surface area contributed by atoms with E-state index in [4.69, 9.17) is 89.8 Å². The first kappa shape index (κ1) is 80.3.